The fraction of sp³-hybridized carbons (Fsp3) is 0.429. The highest BCUT2D eigenvalue weighted by molar-refractivity contribution is 5.78. The summed E-state index contributed by atoms with van der Waals surface area (Å²) in [5, 5.41) is 3.20. The monoisotopic (exact) mass is 337 g/mol. The lowest BCUT2D eigenvalue weighted by Crippen LogP contribution is -2.41. The van der Waals surface area contributed by atoms with Gasteiger partial charge in [0.15, 0.2) is 0 Å². The normalized spacial score (nSPS) is 16.1. The van der Waals surface area contributed by atoms with Gasteiger partial charge in [-0.25, -0.2) is 0 Å². The molecule has 1 aliphatic carbocycles. The summed E-state index contributed by atoms with van der Waals surface area (Å²) in [6.07, 6.45) is 6.48. The standard InChI is InChI=1S/C21H27N3O/c1-17(20-13-7-8-14-22-20)24(15-18-9-3-2-4-10-18)16-21(25)23-19-11-5-6-12-19/h2-4,7-10,13-14,17,19H,5-6,11-12,15-16H2,1H3,(H,23,25)/t17-/m1/s1. The predicted molar refractivity (Wildman–Crippen MR) is 99.9 cm³/mol. The number of nitrogens with zero attached hydrogens (tertiary/aromatic N) is 2. The van der Waals surface area contributed by atoms with Crippen LogP contribution in [0.1, 0.15) is 49.9 Å². The largest absolute Gasteiger partial charge is 0.352 e. The van der Waals surface area contributed by atoms with Gasteiger partial charge in [-0.05, 0) is 37.5 Å². The molecule has 1 aliphatic rings. The molecule has 0 radical (unpaired) electrons. The molecule has 2 aromatic rings. The molecule has 1 saturated carbocycles. The van der Waals surface area contributed by atoms with E-state index < -0.39 is 0 Å². The minimum atomic E-state index is 0.0794. The van der Waals surface area contributed by atoms with Crippen LogP contribution in [-0.4, -0.2) is 28.4 Å². The Balaban J connectivity index is 1.70. The van der Waals surface area contributed by atoms with E-state index in [0.717, 1.165) is 25.1 Å². The molecule has 1 amide bonds. The van der Waals surface area contributed by atoms with E-state index in [1.807, 2.05) is 42.6 Å². The summed E-state index contributed by atoms with van der Waals surface area (Å²) in [6.45, 7) is 3.24. The van der Waals surface area contributed by atoms with Gasteiger partial charge in [-0.15, -0.1) is 0 Å². The van der Waals surface area contributed by atoms with E-state index in [1.54, 1.807) is 0 Å². The van der Waals surface area contributed by atoms with Crippen molar-refractivity contribution in [3.8, 4) is 0 Å². The van der Waals surface area contributed by atoms with Crippen LogP contribution in [0.2, 0.25) is 0 Å². The maximum Gasteiger partial charge on any atom is 0.234 e. The van der Waals surface area contributed by atoms with Crippen molar-refractivity contribution < 1.29 is 4.79 Å². The lowest BCUT2D eigenvalue weighted by Gasteiger charge is -2.29. The molecule has 1 aromatic heterocycles. The Kier molecular flexibility index (Phi) is 6.18. The molecule has 0 bridgehead atoms. The van der Waals surface area contributed by atoms with Crippen molar-refractivity contribution in [2.24, 2.45) is 0 Å². The summed E-state index contributed by atoms with van der Waals surface area (Å²) in [5.74, 6) is 0.116. The van der Waals surface area contributed by atoms with E-state index >= 15 is 0 Å². The Labute approximate surface area is 150 Å². The Morgan fingerprint density at radius 3 is 2.56 bits per heavy atom. The SMILES string of the molecule is C[C@H](c1ccccn1)N(CC(=O)NC1CCCC1)Cc1ccccc1. The summed E-state index contributed by atoms with van der Waals surface area (Å²) < 4.78 is 0. The number of amides is 1. The Hall–Kier alpha value is -2.20. The number of hydrogen-bond donors (Lipinski definition) is 1. The zero-order valence-electron chi connectivity index (χ0n) is 14.9. The zero-order valence-corrected chi connectivity index (χ0v) is 14.9. The number of hydrogen-bond acceptors (Lipinski definition) is 3. The van der Waals surface area contributed by atoms with Crippen molar-refractivity contribution in [2.45, 2.75) is 51.2 Å². The van der Waals surface area contributed by atoms with Crippen molar-refractivity contribution in [2.75, 3.05) is 6.54 Å². The molecule has 1 fully saturated rings. The summed E-state index contributed by atoms with van der Waals surface area (Å²) in [7, 11) is 0. The Morgan fingerprint density at radius 1 is 1.16 bits per heavy atom. The number of aromatic nitrogens is 1. The predicted octanol–water partition coefficient (Wildman–Crippen LogP) is 3.70. The van der Waals surface area contributed by atoms with Gasteiger partial charge in [0.25, 0.3) is 0 Å². The summed E-state index contributed by atoms with van der Waals surface area (Å²) >= 11 is 0. The van der Waals surface area contributed by atoms with Crippen LogP contribution in [0.15, 0.2) is 54.7 Å². The van der Waals surface area contributed by atoms with Crippen LogP contribution in [0.25, 0.3) is 0 Å². The number of nitrogens with one attached hydrogen (secondary N) is 1. The molecular formula is C21H27N3O. The summed E-state index contributed by atoms with van der Waals surface area (Å²) in [6, 6.07) is 16.7. The molecular weight excluding hydrogens is 310 g/mol. The topological polar surface area (TPSA) is 45.2 Å². The highest BCUT2D eigenvalue weighted by Crippen LogP contribution is 2.21. The Bertz CT molecular complexity index is 653. The average molecular weight is 337 g/mol. The van der Waals surface area contributed by atoms with E-state index in [1.165, 1.54) is 18.4 Å². The van der Waals surface area contributed by atoms with Crippen molar-refractivity contribution in [1.82, 2.24) is 15.2 Å². The van der Waals surface area contributed by atoms with E-state index in [2.05, 4.69) is 34.3 Å². The number of benzene rings is 1. The van der Waals surface area contributed by atoms with Crippen LogP contribution in [0.3, 0.4) is 0 Å². The maximum atomic E-state index is 12.6. The molecule has 1 atom stereocenters. The van der Waals surface area contributed by atoms with Gasteiger partial charge in [-0.1, -0.05) is 49.2 Å². The van der Waals surface area contributed by atoms with Gasteiger partial charge >= 0.3 is 0 Å². The van der Waals surface area contributed by atoms with Crippen molar-refractivity contribution in [1.29, 1.82) is 0 Å². The number of carbonyl (C=O) groups is 1. The molecule has 0 spiro atoms. The molecule has 3 rings (SSSR count). The van der Waals surface area contributed by atoms with Crippen molar-refractivity contribution in [3.63, 3.8) is 0 Å². The minimum Gasteiger partial charge on any atom is -0.352 e. The molecule has 1 N–H and O–H groups in total. The maximum absolute atomic E-state index is 12.6. The third-order valence-electron chi connectivity index (χ3n) is 4.96. The summed E-state index contributed by atoms with van der Waals surface area (Å²) in [5.41, 5.74) is 2.20. The van der Waals surface area contributed by atoms with Gasteiger partial charge < -0.3 is 5.32 Å². The van der Waals surface area contributed by atoms with E-state index in [-0.39, 0.29) is 11.9 Å². The second-order valence-corrected chi connectivity index (χ2v) is 6.87. The van der Waals surface area contributed by atoms with Gasteiger partial charge in [0.2, 0.25) is 5.91 Å². The average Bonchev–Trinajstić information content (AvgIpc) is 3.15. The minimum absolute atomic E-state index is 0.0794. The molecule has 0 saturated heterocycles. The molecule has 132 valence electrons. The molecule has 25 heavy (non-hydrogen) atoms. The fourth-order valence-electron chi connectivity index (χ4n) is 3.49. The first-order valence-electron chi connectivity index (χ1n) is 9.20. The first-order chi connectivity index (χ1) is 12.2. The van der Waals surface area contributed by atoms with Crippen LogP contribution in [0, 0.1) is 0 Å². The second-order valence-electron chi connectivity index (χ2n) is 6.87. The van der Waals surface area contributed by atoms with Crippen molar-refractivity contribution >= 4 is 5.91 Å². The van der Waals surface area contributed by atoms with Crippen LogP contribution in [0.4, 0.5) is 0 Å². The van der Waals surface area contributed by atoms with Crippen LogP contribution >= 0.6 is 0 Å². The lowest BCUT2D eigenvalue weighted by atomic mass is 10.1. The van der Waals surface area contributed by atoms with Gasteiger partial charge in [0, 0.05) is 18.8 Å². The van der Waals surface area contributed by atoms with Crippen LogP contribution in [-0.2, 0) is 11.3 Å². The smallest absolute Gasteiger partial charge is 0.234 e. The molecule has 1 heterocycles. The van der Waals surface area contributed by atoms with Gasteiger partial charge in [-0.3, -0.25) is 14.7 Å². The molecule has 0 unspecified atom stereocenters. The quantitative estimate of drug-likeness (QED) is 0.838. The molecule has 1 aromatic carbocycles. The van der Waals surface area contributed by atoms with E-state index in [4.69, 9.17) is 0 Å². The summed E-state index contributed by atoms with van der Waals surface area (Å²) in [4.78, 5) is 19.2. The first kappa shape index (κ1) is 17.6. The van der Waals surface area contributed by atoms with Gasteiger partial charge in [0.05, 0.1) is 18.3 Å². The fourth-order valence-corrected chi connectivity index (χ4v) is 3.49. The molecule has 0 aliphatic heterocycles. The van der Waals surface area contributed by atoms with Crippen LogP contribution < -0.4 is 5.32 Å². The van der Waals surface area contributed by atoms with Crippen LogP contribution in [0.5, 0.6) is 0 Å². The van der Waals surface area contributed by atoms with E-state index in [0.29, 0.717) is 12.6 Å². The van der Waals surface area contributed by atoms with E-state index in [9.17, 15) is 4.79 Å². The first-order valence-corrected chi connectivity index (χ1v) is 9.20. The molecule has 4 heteroatoms. The highest BCUT2D eigenvalue weighted by atomic mass is 16.2. The van der Waals surface area contributed by atoms with Gasteiger partial charge in [-0.2, -0.15) is 0 Å². The lowest BCUT2D eigenvalue weighted by molar-refractivity contribution is -0.123. The highest BCUT2D eigenvalue weighted by Gasteiger charge is 2.22. The third kappa shape index (κ3) is 5.13. The molecule has 4 nitrogen and oxygen atoms in total. The third-order valence-corrected chi connectivity index (χ3v) is 4.96. The number of carbonyl (C=O) groups excluding carboxylic acids is 1. The Morgan fingerprint density at radius 2 is 1.88 bits per heavy atom. The second kappa shape index (κ2) is 8.77. The zero-order chi connectivity index (χ0) is 17.5. The number of rotatable bonds is 7. The van der Waals surface area contributed by atoms with Gasteiger partial charge in [0.1, 0.15) is 0 Å². The van der Waals surface area contributed by atoms with Crippen molar-refractivity contribution in [3.05, 3.63) is 66.0 Å². The number of pyridine rings is 1.